The molecule has 1 aliphatic rings. The summed E-state index contributed by atoms with van der Waals surface area (Å²) in [5, 5.41) is 22.2. The summed E-state index contributed by atoms with van der Waals surface area (Å²) in [6.07, 6.45) is -5.00. The molecule has 196 valence electrons. The Labute approximate surface area is 221 Å². The smallest absolute Gasteiger partial charge is 0.410 e. The van der Waals surface area contributed by atoms with Crippen LogP contribution < -0.4 is 15.4 Å². The lowest BCUT2D eigenvalue weighted by molar-refractivity contribution is -0.384. The fraction of sp³-hybridized carbons (Fsp3) is 0.167. The van der Waals surface area contributed by atoms with Gasteiger partial charge in [-0.25, -0.2) is 4.68 Å². The molecule has 2 atom stereocenters. The molecule has 1 amide bonds. The van der Waals surface area contributed by atoms with Gasteiger partial charge in [-0.15, -0.1) is 11.3 Å². The number of carbonyl (C=O) groups is 1. The van der Waals surface area contributed by atoms with E-state index in [1.165, 1.54) is 23.5 Å². The molecule has 9 nitrogen and oxygen atoms in total. The number of anilines is 2. The van der Waals surface area contributed by atoms with Crippen LogP contribution in [-0.2, 0) is 0 Å². The molecule has 0 bridgehead atoms. The largest absolute Gasteiger partial charge is 0.457 e. The van der Waals surface area contributed by atoms with Crippen LogP contribution in [0.4, 0.5) is 30.4 Å². The van der Waals surface area contributed by atoms with Crippen LogP contribution in [-0.4, -0.2) is 26.8 Å². The van der Waals surface area contributed by atoms with Crippen LogP contribution >= 0.6 is 22.9 Å². The van der Waals surface area contributed by atoms with Crippen LogP contribution in [0, 0.1) is 10.1 Å². The van der Waals surface area contributed by atoms with Crippen LogP contribution in [0.15, 0.2) is 66.0 Å². The maximum absolute atomic E-state index is 14.0. The summed E-state index contributed by atoms with van der Waals surface area (Å²) in [5.74, 6) is -0.623. The number of para-hydroxylation sites is 1. The molecule has 2 N–H and O–H groups in total. The lowest BCUT2D eigenvalue weighted by Crippen LogP contribution is -2.35. The molecule has 0 spiro atoms. The monoisotopic (exact) mass is 563 g/mol. The second-order valence-electron chi connectivity index (χ2n) is 8.30. The Morgan fingerprint density at radius 2 is 1.95 bits per heavy atom. The Bertz CT molecular complexity index is 1490. The highest BCUT2D eigenvalue weighted by molar-refractivity contribution is 7.10. The number of non-ortho nitro benzene ring substituents is 1. The van der Waals surface area contributed by atoms with Crippen LogP contribution in [0.2, 0.25) is 5.02 Å². The van der Waals surface area contributed by atoms with Gasteiger partial charge in [0.05, 0.1) is 22.7 Å². The molecule has 2 aromatic carbocycles. The first-order valence-corrected chi connectivity index (χ1v) is 12.3. The second kappa shape index (κ2) is 9.99. The second-order valence-corrected chi connectivity index (χ2v) is 9.66. The molecule has 0 radical (unpaired) electrons. The van der Waals surface area contributed by atoms with Gasteiger partial charge in [0.2, 0.25) is 0 Å². The standard InChI is InChI=1S/C24H17ClF3N5O4S/c25-20-21(31-32-19(24(26,27)28)12-17(30-22(20)32)18-7-4-8-38-18)23(34)29-13-9-14(33(35)36)11-16(10-13)37-15-5-2-1-3-6-15/h1-11,17,19,30H,12H2,(H,29,34)/t17-,19+/m1/s1. The number of fused-ring (bicyclic) bond motifs is 1. The average molecular weight is 564 g/mol. The molecule has 0 fully saturated rings. The van der Waals surface area contributed by atoms with E-state index in [1.807, 2.05) is 0 Å². The first kappa shape index (κ1) is 25.5. The summed E-state index contributed by atoms with van der Waals surface area (Å²) in [5.41, 5.74) is -0.872. The lowest BCUT2D eigenvalue weighted by atomic mass is 10.0. The highest BCUT2D eigenvalue weighted by Crippen LogP contribution is 2.47. The van der Waals surface area contributed by atoms with Crippen molar-refractivity contribution in [2.45, 2.75) is 24.7 Å². The van der Waals surface area contributed by atoms with Crippen molar-refractivity contribution < 1.29 is 27.6 Å². The van der Waals surface area contributed by atoms with E-state index < -0.39 is 34.8 Å². The van der Waals surface area contributed by atoms with Gasteiger partial charge in [-0.1, -0.05) is 35.9 Å². The topological polar surface area (TPSA) is 111 Å². The molecule has 38 heavy (non-hydrogen) atoms. The van der Waals surface area contributed by atoms with Gasteiger partial charge in [-0.3, -0.25) is 14.9 Å². The number of carbonyl (C=O) groups excluding carboxylic acids is 1. The number of alkyl halides is 3. The number of rotatable bonds is 6. The van der Waals surface area contributed by atoms with Crippen LogP contribution in [0.25, 0.3) is 0 Å². The van der Waals surface area contributed by atoms with Gasteiger partial charge >= 0.3 is 6.18 Å². The molecule has 0 aliphatic carbocycles. The molecule has 3 heterocycles. The molecule has 5 rings (SSSR count). The minimum atomic E-state index is -4.65. The fourth-order valence-electron chi connectivity index (χ4n) is 4.05. The maximum atomic E-state index is 14.0. The van der Waals surface area contributed by atoms with Crippen molar-refractivity contribution in [3.8, 4) is 11.5 Å². The molecule has 0 saturated carbocycles. The van der Waals surface area contributed by atoms with E-state index >= 15 is 0 Å². The van der Waals surface area contributed by atoms with Crippen LogP contribution in [0.3, 0.4) is 0 Å². The number of halogens is 4. The Morgan fingerprint density at radius 3 is 2.61 bits per heavy atom. The van der Waals surface area contributed by atoms with Crippen molar-refractivity contribution in [3.63, 3.8) is 0 Å². The number of hydrogen-bond acceptors (Lipinski definition) is 7. The van der Waals surface area contributed by atoms with Crippen molar-refractivity contribution in [3.05, 3.63) is 91.8 Å². The number of aromatic nitrogens is 2. The molecule has 2 aromatic heterocycles. The summed E-state index contributed by atoms with van der Waals surface area (Å²) in [4.78, 5) is 24.5. The van der Waals surface area contributed by atoms with E-state index in [2.05, 4.69) is 15.7 Å². The van der Waals surface area contributed by atoms with Crippen LogP contribution in [0.1, 0.15) is 33.9 Å². The van der Waals surface area contributed by atoms with Gasteiger partial charge in [-0.2, -0.15) is 18.3 Å². The molecule has 14 heteroatoms. The number of hydrogen-bond donors (Lipinski definition) is 2. The van der Waals surface area contributed by atoms with Gasteiger partial charge in [0.15, 0.2) is 11.7 Å². The lowest BCUT2D eigenvalue weighted by Gasteiger charge is -2.32. The summed E-state index contributed by atoms with van der Waals surface area (Å²) in [6, 6.07) is 12.8. The maximum Gasteiger partial charge on any atom is 0.410 e. The molecule has 0 unspecified atom stereocenters. The SMILES string of the molecule is O=C(Nc1cc(Oc2ccccc2)cc([N+](=O)[O-])c1)c1nn2c(c1Cl)N[C@@H](c1cccs1)C[C@H]2C(F)(F)F. The number of thiophene rings is 1. The van der Waals surface area contributed by atoms with E-state index in [0.29, 0.717) is 15.3 Å². The van der Waals surface area contributed by atoms with Crippen molar-refractivity contribution >= 4 is 46.0 Å². The summed E-state index contributed by atoms with van der Waals surface area (Å²) in [6.45, 7) is 0. The first-order chi connectivity index (χ1) is 18.1. The van der Waals surface area contributed by atoms with E-state index in [1.54, 1.807) is 47.8 Å². The third-order valence-electron chi connectivity index (χ3n) is 5.74. The highest BCUT2D eigenvalue weighted by atomic mass is 35.5. The zero-order valence-corrected chi connectivity index (χ0v) is 20.7. The van der Waals surface area contributed by atoms with Gasteiger partial charge in [0.1, 0.15) is 22.3 Å². The molecular formula is C24H17ClF3N5O4S. The number of amides is 1. The third-order valence-corrected chi connectivity index (χ3v) is 7.08. The molecule has 0 saturated heterocycles. The highest BCUT2D eigenvalue weighted by Gasteiger charge is 2.48. The van der Waals surface area contributed by atoms with Gasteiger partial charge < -0.3 is 15.4 Å². The summed E-state index contributed by atoms with van der Waals surface area (Å²) < 4.78 is 48.2. The van der Waals surface area contributed by atoms with Crippen molar-refractivity contribution in [2.24, 2.45) is 0 Å². The number of nitrogens with zero attached hydrogens (tertiary/aromatic N) is 3. The molecule has 1 aliphatic heterocycles. The summed E-state index contributed by atoms with van der Waals surface area (Å²) in [7, 11) is 0. The normalized spacial score (nSPS) is 16.8. The molecular weight excluding hydrogens is 547 g/mol. The fourth-order valence-corrected chi connectivity index (χ4v) is 5.10. The predicted octanol–water partition coefficient (Wildman–Crippen LogP) is 7.21. The Kier molecular flexibility index (Phi) is 6.71. The number of nitrogens with one attached hydrogen (secondary N) is 2. The Balaban J connectivity index is 1.46. The number of nitro groups is 1. The van der Waals surface area contributed by atoms with E-state index in [-0.39, 0.29) is 34.4 Å². The van der Waals surface area contributed by atoms with E-state index in [0.717, 1.165) is 6.07 Å². The molecule has 4 aromatic rings. The number of ether oxygens (including phenoxy) is 1. The third kappa shape index (κ3) is 5.15. The van der Waals surface area contributed by atoms with Crippen LogP contribution in [0.5, 0.6) is 11.5 Å². The summed E-state index contributed by atoms with van der Waals surface area (Å²) >= 11 is 7.66. The minimum Gasteiger partial charge on any atom is -0.457 e. The van der Waals surface area contributed by atoms with Crippen molar-refractivity contribution in [1.82, 2.24) is 9.78 Å². The van der Waals surface area contributed by atoms with Gasteiger partial charge in [0, 0.05) is 23.4 Å². The van der Waals surface area contributed by atoms with E-state index in [4.69, 9.17) is 16.3 Å². The van der Waals surface area contributed by atoms with Gasteiger partial charge in [-0.05, 0) is 23.6 Å². The average Bonchev–Trinajstić information content (AvgIpc) is 3.52. The first-order valence-electron chi connectivity index (χ1n) is 11.1. The Hall–Kier alpha value is -4.10. The number of nitro benzene ring substituents is 1. The zero-order chi connectivity index (χ0) is 27.0. The Morgan fingerprint density at radius 1 is 1.18 bits per heavy atom. The van der Waals surface area contributed by atoms with Crippen molar-refractivity contribution in [1.29, 1.82) is 0 Å². The zero-order valence-electron chi connectivity index (χ0n) is 19.1. The quantitative estimate of drug-likeness (QED) is 0.189. The predicted molar refractivity (Wildman–Crippen MR) is 135 cm³/mol. The van der Waals surface area contributed by atoms with E-state index in [9.17, 15) is 28.1 Å². The minimum absolute atomic E-state index is 0.0334. The van der Waals surface area contributed by atoms with Crippen molar-refractivity contribution in [2.75, 3.05) is 10.6 Å². The number of benzene rings is 2. The van der Waals surface area contributed by atoms with Gasteiger partial charge in [0.25, 0.3) is 11.6 Å².